The van der Waals surface area contributed by atoms with E-state index in [0.717, 1.165) is 49.2 Å². The van der Waals surface area contributed by atoms with Gasteiger partial charge in [-0.05, 0) is 42.3 Å². The van der Waals surface area contributed by atoms with E-state index in [1.54, 1.807) is 11.3 Å². The van der Waals surface area contributed by atoms with Crippen LogP contribution in [-0.2, 0) is 21.4 Å². The van der Waals surface area contributed by atoms with Gasteiger partial charge in [-0.3, -0.25) is 14.9 Å². The molecule has 3 aromatic rings. The number of thiophene rings is 1. The summed E-state index contributed by atoms with van der Waals surface area (Å²) in [5.41, 5.74) is 1.77. The largest absolute Gasteiger partial charge is 0.311 e. The fraction of sp³-hybridized carbons (Fsp3) is 0.364. The molecule has 5 rings (SSSR count). The third-order valence-corrected chi connectivity index (χ3v) is 9.05. The Hall–Kier alpha value is -2.23. The van der Waals surface area contributed by atoms with Crippen LogP contribution in [0.5, 0.6) is 0 Å². The van der Waals surface area contributed by atoms with Gasteiger partial charge in [0, 0.05) is 17.1 Å². The van der Waals surface area contributed by atoms with Gasteiger partial charge in [0.2, 0.25) is 16.9 Å². The first-order valence-corrected chi connectivity index (χ1v) is 13.0. The molecular weight excluding hydrogens is 448 g/mol. The zero-order chi connectivity index (χ0) is 21.3. The van der Waals surface area contributed by atoms with E-state index in [2.05, 4.69) is 27.6 Å². The Morgan fingerprint density at radius 2 is 1.97 bits per heavy atom. The molecule has 0 radical (unpaired) electrons. The van der Waals surface area contributed by atoms with Crippen molar-refractivity contribution >= 4 is 57.1 Å². The predicted octanol–water partition coefficient (Wildman–Crippen LogP) is 4.73. The third kappa shape index (κ3) is 4.02. The van der Waals surface area contributed by atoms with Gasteiger partial charge in [-0.1, -0.05) is 60.2 Å². The number of nitrogens with one attached hydrogen (secondary N) is 1. The molecule has 1 aromatic carbocycles. The molecule has 2 aliphatic rings. The first kappa shape index (κ1) is 20.7. The number of para-hydroxylation sites is 1. The van der Waals surface area contributed by atoms with Crippen LogP contribution in [0.3, 0.4) is 0 Å². The molecule has 1 N–H and O–H groups in total. The summed E-state index contributed by atoms with van der Waals surface area (Å²) in [6.07, 6.45) is 4.75. The van der Waals surface area contributed by atoms with Crippen molar-refractivity contribution in [1.29, 1.82) is 0 Å². The SMILES string of the molecule is O=C(CSc1nnc(NC(=O)C2(c3cccs3)CCCC2)s1)N1CCc2ccccc21. The lowest BCUT2D eigenvalue weighted by Gasteiger charge is -2.25. The monoisotopic (exact) mass is 470 g/mol. The number of fused-ring (bicyclic) bond motifs is 1. The summed E-state index contributed by atoms with van der Waals surface area (Å²) < 4.78 is 0.688. The maximum absolute atomic E-state index is 13.2. The summed E-state index contributed by atoms with van der Waals surface area (Å²) in [4.78, 5) is 28.8. The van der Waals surface area contributed by atoms with Crippen LogP contribution in [0.2, 0.25) is 0 Å². The minimum atomic E-state index is -0.452. The molecule has 0 bridgehead atoms. The van der Waals surface area contributed by atoms with Gasteiger partial charge in [0.15, 0.2) is 4.34 Å². The lowest BCUT2D eigenvalue weighted by Crippen LogP contribution is -2.37. The second kappa shape index (κ2) is 8.72. The Labute approximate surface area is 193 Å². The number of anilines is 2. The van der Waals surface area contributed by atoms with E-state index in [1.807, 2.05) is 34.5 Å². The Balaban J connectivity index is 1.21. The van der Waals surface area contributed by atoms with Crippen LogP contribution in [-0.4, -0.2) is 34.3 Å². The molecule has 3 heterocycles. The maximum Gasteiger partial charge on any atom is 0.237 e. The fourth-order valence-corrected chi connectivity index (χ4v) is 7.06. The van der Waals surface area contributed by atoms with Crippen molar-refractivity contribution in [2.24, 2.45) is 0 Å². The van der Waals surface area contributed by atoms with Gasteiger partial charge in [-0.15, -0.1) is 21.5 Å². The topological polar surface area (TPSA) is 75.2 Å². The lowest BCUT2D eigenvalue weighted by atomic mass is 9.83. The predicted molar refractivity (Wildman–Crippen MR) is 126 cm³/mol. The molecule has 0 atom stereocenters. The van der Waals surface area contributed by atoms with Crippen molar-refractivity contribution in [3.8, 4) is 0 Å². The van der Waals surface area contributed by atoms with Gasteiger partial charge in [-0.25, -0.2) is 0 Å². The highest BCUT2D eigenvalue weighted by atomic mass is 32.2. The zero-order valence-electron chi connectivity index (χ0n) is 16.9. The molecule has 31 heavy (non-hydrogen) atoms. The van der Waals surface area contributed by atoms with E-state index in [4.69, 9.17) is 0 Å². The second-order valence-corrected chi connectivity index (χ2v) is 11.0. The smallest absolute Gasteiger partial charge is 0.237 e. The number of amides is 2. The molecule has 0 unspecified atom stereocenters. The first-order chi connectivity index (χ1) is 15.2. The Morgan fingerprint density at radius 1 is 1.13 bits per heavy atom. The van der Waals surface area contributed by atoms with Crippen LogP contribution in [0, 0.1) is 0 Å². The molecule has 1 saturated carbocycles. The lowest BCUT2D eigenvalue weighted by molar-refractivity contribution is -0.121. The normalized spacial score (nSPS) is 17.0. The third-order valence-electron chi connectivity index (χ3n) is 6.02. The quantitative estimate of drug-likeness (QED) is 0.416. The standard InChI is InChI=1S/C22H22N4O2S3/c27-18(26-12-9-15-6-1-2-7-16(15)26)14-30-21-25-24-20(31-21)23-19(28)22(10-3-4-11-22)17-8-5-13-29-17/h1-2,5-8,13H,3-4,9-12,14H2,(H,23,24,28). The molecule has 1 aliphatic carbocycles. The van der Waals surface area contributed by atoms with Gasteiger partial charge in [0.05, 0.1) is 11.2 Å². The maximum atomic E-state index is 13.2. The van der Waals surface area contributed by atoms with Crippen molar-refractivity contribution in [2.45, 2.75) is 41.9 Å². The van der Waals surface area contributed by atoms with Crippen molar-refractivity contribution in [2.75, 3.05) is 22.5 Å². The first-order valence-electron chi connectivity index (χ1n) is 10.4. The van der Waals surface area contributed by atoms with Crippen LogP contribution in [0.1, 0.15) is 36.1 Å². The number of hydrogen-bond donors (Lipinski definition) is 1. The average molecular weight is 471 g/mol. The van der Waals surface area contributed by atoms with E-state index < -0.39 is 5.41 Å². The number of carbonyl (C=O) groups is 2. The molecule has 1 fully saturated rings. The van der Waals surface area contributed by atoms with Gasteiger partial charge >= 0.3 is 0 Å². The molecule has 6 nitrogen and oxygen atoms in total. The molecule has 0 spiro atoms. The summed E-state index contributed by atoms with van der Waals surface area (Å²) >= 11 is 4.34. The molecule has 9 heteroatoms. The fourth-order valence-electron chi connectivity index (χ4n) is 4.45. The average Bonchev–Trinajstić information content (AvgIpc) is 3.58. The number of nitrogens with zero attached hydrogens (tertiary/aromatic N) is 3. The minimum Gasteiger partial charge on any atom is -0.311 e. The Bertz CT molecular complexity index is 1090. The van der Waals surface area contributed by atoms with Crippen molar-refractivity contribution < 1.29 is 9.59 Å². The van der Waals surface area contributed by atoms with Crippen LogP contribution in [0.4, 0.5) is 10.8 Å². The molecule has 1 aliphatic heterocycles. The number of carbonyl (C=O) groups excluding carboxylic acids is 2. The number of hydrogen-bond acceptors (Lipinski definition) is 7. The van der Waals surface area contributed by atoms with Gasteiger partial charge in [0.1, 0.15) is 0 Å². The van der Waals surface area contributed by atoms with Crippen molar-refractivity contribution in [3.63, 3.8) is 0 Å². The van der Waals surface area contributed by atoms with E-state index >= 15 is 0 Å². The Morgan fingerprint density at radius 3 is 2.77 bits per heavy atom. The van der Waals surface area contributed by atoms with Crippen LogP contribution >= 0.6 is 34.4 Å². The summed E-state index contributed by atoms with van der Waals surface area (Å²) in [5.74, 6) is 0.374. The van der Waals surface area contributed by atoms with Gasteiger partial charge in [-0.2, -0.15) is 0 Å². The summed E-state index contributed by atoms with van der Waals surface area (Å²) in [7, 11) is 0. The summed E-state index contributed by atoms with van der Waals surface area (Å²) in [5, 5.41) is 13.8. The van der Waals surface area contributed by atoms with E-state index in [0.29, 0.717) is 15.2 Å². The number of aromatic nitrogens is 2. The van der Waals surface area contributed by atoms with Gasteiger partial charge < -0.3 is 4.90 Å². The van der Waals surface area contributed by atoms with Crippen LogP contribution in [0.15, 0.2) is 46.1 Å². The van der Waals surface area contributed by atoms with Crippen LogP contribution in [0.25, 0.3) is 0 Å². The highest BCUT2D eigenvalue weighted by Crippen LogP contribution is 2.44. The Kier molecular flexibility index (Phi) is 5.81. The molecule has 2 amide bonds. The van der Waals surface area contributed by atoms with Crippen LogP contribution < -0.4 is 10.2 Å². The molecule has 0 saturated heterocycles. The zero-order valence-corrected chi connectivity index (χ0v) is 19.3. The van der Waals surface area contributed by atoms with Gasteiger partial charge in [0.25, 0.3) is 0 Å². The van der Waals surface area contributed by atoms with E-state index in [1.165, 1.54) is 28.7 Å². The number of thioether (sulfide) groups is 1. The second-order valence-electron chi connectivity index (χ2n) is 7.81. The number of benzene rings is 1. The van der Waals surface area contributed by atoms with E-state index in [9.17, 15) is 9.59 Å². The minimum absolute atomic E-state index is 0.00454. The molecule has 2 aromatic heterocycles. The number of rotatable bonds is 6. The summed E-state index contributed by atoms with van der Waals surface area (Å²) in [6, 6.07) is 12.1. The van der Waals surface area contributed by atoms with Crippen molar-refractivity contribution in [1.82, 2.24) is 10.2 Å². The molecular formula is C22H22N4O2S3. The highest BCUT2D eigenvalue weighted by molar-refractivity contribution is 8.01. The van der Waals surface area contributed by atoms with Crippen molar-refractivity contribution in [3.05, 3.63) is 52.2 Å². The van der Waals surface area contributed by atoms with E-state index in [-0.39, 0.29) is 11.8 Å². The molecule has 160 valence electrons. The summed E-state index contributed by atoms with van der Waals surface area (Å²) in [6.45, 7) is 0.723. The highest BCUT2D eigenvalue weighted by Gasteiger charge is 2.43.